The number of thiocarbonyl (C=S) groups is 1. The Labute approximate surface area is 117 Å². The molecule has 100 valence electrons. The van der Waals surface area contributed by atoms with Crippen molar-refractivity contribution in [3.63, 3.8) is 0 Å². The molecule has 0 aliphatic rings. The van der Waals surface area contributed by atoms with E-state index in [0.29, 0.717) is 35.6 Å². The van der Waals surface area contributed by atoms with Crippen molar-refractivity contribution in [2.75, 3.05) is 25.1 Å². The molecular formula is C12H16ClFN2OS. The molecule has 0 bridgehead atoms. The lowest BCUT2D eigenvalue weighted by Crippen LogP contribution is -2.30. The molecule has 1 aromatic carbocycles. The number of rotatable bonds is 6. The standard InChI is InChI=1S/C12H16ClFN2OS/c1-2-17-7-3-6-15-12(18)16-11-8-9(14)4-5-10(11)13/h4-5,8H,2-3,6-7H2,1H3,(H2,15,16,18). The van der Waals surface area contributed by atoms with Gasteiger partial charge in [0.15, 0.2) is 5.11 Å². The molecule has 0 saturated heterocycles. The topological polar surface area (TPSA) is 33.3 Å². The number of hydrogen-bond donors (Lipinski definition) is 2. The lowest BCUT2D eigenvalue weighted by atomic mass is 10.3. The van der Waals surface area contributed by atoms with Gasteiger partial charge < -0.3 is 15.4 Å². The molecule has 2 N–H and O–H groups in total. The molecule has 0 aliphatic heterocycles. The fraction of sp³-hybridized carbons (Fsp3) is 0.417. The first kappa shape index (κ1) is 15.1. The van der Waals surface area contributed by atoms with E-state index in [1.54, 1.807) is 0 Å². The van der Waals surface area contributed by atoms with E-state index in [9.17, 15) is 4.39 Å². The van der Waals surface area contributed by atoms with Crippen molar-refractivity contribution in [2.45, 2.75) is 13.3 Å². The van der Waals surface area contributed by atoms with Gasteiger partial charge in [0.25, 0.3) is 0 Å². The Hall–Kier alpha value is -0.910. The summed E-state index contributed by atoms with van der Waals surface area (Å²) in [5.74, 6) is -0.360. The zero-order valence-electron chi connectivity index (χ0n) is 10.1. The van der Waals surface area contributed by atoms with Crippen LogP contribution in [0.2, 0.25) is 5.02 Å². The van der Waals surface area contributed by atoms with Gasteiger partial charge in [-0.2, -0.15) is 0 Å². The average Bonchev–Trinajstić information content (AvgIpc) is 2.33. The molecule has 0 amide bonds. The summed E-state index contributed by atoms with van der Waals surface area (Å²) in [6.07, 6.45) is 0.854. The second kappa shape index (κ2) is 8.24. The van der Waals surface area contributed by atoms with Gasteiger partial charge in [0, 0.05) is 19.8 Å². The second-order valence-electron chi connectivity index (χ2n) is 3.56. The predicted octanol–water partition coefficient (Wildman–Crippen LogP) is 3.19. The summed E-state index contributed by atoms with van der Waals surface area (Å²) in [5.41, 5.74) is 0.457. The molecule has 0 saturated carbocycles. The van der Waals surface area contributed by atoms with E-state index in [-0.39, 0.29) is 5.82 Å². The molecule has 0 heterocycles. The van der Waals surface area contributed by atoms with Crippen molar-refractivity contribution in [3.8, 4) is 0 Å². The summed E-state index contributed by atoms with van der Waals surface area (Å²) in [6.45, 7) is 4.04. The normalized spacial score (nSPS) is 10.2. The maximum Gasteiger partial charge on any atom is 0.170 e. The third-order valence-corrected chi connectivity index (χ3v) is 2.71. The first-order valence-corrected chi connectivity index (χ1v) is 6.49. The molecule has 1 aromatic rings. The molecule has 0 atom stereocenters. The van der Waals surface area contributed by atoms with E-state index >= 15 is 0 Å². The van der Waals surface area contributed by atoms with Gasteiger partial charge in [-0.25, -0.2) is 4.39 Å². The van der Waals surface area contributed by atoms with Crippen LogP contribution in [0.4, 0.5) is 10.1 Å². The van der Waals surface area contributed by atoms with Gasteiger partial charge in [-0.1, -0.05) is 11.6 Å². The molecule has 18 heavy (non-hydrogen) atoms. The number of nitrogens with one attached hydrogen (secondary N) is 2. The van der Waals surface area contributed by atoms with Crippen molar-refractivity contribution in [3.05, 3.63) is 29.0 Å². The minimum atomic E-state index is -0.360. The molecule has 0 radical (unpaired) electrons. The maximum atomic E-state index is 13.0. The highest BCUT2D eigenvalue weighted by atomic mass is 35.5. The number of hydrogen-bond acceptors (Lipinski definition) is 2. The van der Waals surface area contributed by atoms with Gasteiger partial charge >= 0.3 is 0 Å². The molecule has 0 aromatic heterocycles. The zero-order valence-corrected chi connectivity index (χ0v) is 11.7. The highest BCUT2D eigenvalue weighted by Gasteiger charge is 2.03. The zero-order chi connectivity index (χ0) is 13.4. The quantitative estimate of drug-likeness (QED) is 0.623. The average molecular weight is 291 g/mol. The van der Waals surface area contributed by atoms with Crippen molar-refractivity contribution >= 4 is 34.6 Å². The number of anilines is 1. The van der Waals surface area contributed by atoms with Crippen molar-refractivity contribution in [1.29, 1.82) is 0 Å². The molecule has 0 unspecified atom stereocenters. The van der Waals surface area contributed by atoms with Gasteiger partial charge in [0.2, 0.25) is 0 Å². The predicted molar refractivity (Wildman–Crippen MR) is 76.7 cm³/mol. The Morgan fingerprint density at radius 3 is 3.00 bits per heavy atom. The molecule has 6 heteroatoms. The lowest BCUT2D eigenvalue weighted by Gasteiger charge is -2.11. The smallest absolute Gasteiger partial charge is 0.170 e. The summed E-state index contributed by atoms with van der Waals surface area (Å²) in [5, 5.41) is 6.69. The number of benzene rings is 1. The third-order valence-electron chi connectivity index (χ3n) is 2.13. The summed E-state index contributed by atoms with van der Waals surface area (Å²) >= 11 is 11.0. The van der Waals surface area contributed by atoms with E-state index in [1.807, 2.05) is 6.92 Å². The lowest BCUT2D eigenvalue weighted by molar-refractivity contribution is 0.146. The molecule has 0 aliphatic carbocycles. The van der Waals surface area contributed by atoms with E-state index in [1.165, 1.54) is 18.2 Å². The summed E-state index contributed by atoms with van der Waals surface area (Å²) in [7, 11) is 0. The highest BCUT2D eigenvalue weighted by Crippen LogP contribution is 2.22. The Morgan fingerprint density at radius 2 is 2.28 bits per heavy atom. The Bertz CT molecular complexity index is 404. The van der Waals surface area contributed by atoms with E-state index < -0.39 is 0 Å². The van der Waals surface area contributed by atoms with Crippen LogP contribution in [0.25, 0.3) is 0 Å². The van der Waals surface area contributed by atoms with Crippen LogP contribution in [0.3, 0.4) is 0 Å². The fourth-order valence-corrected chi connectivity index (χ4v) is 1.66. The van der Waals surface area contributed by atoms with Gasteiger partial charge in [-0.3, -0.25) is 0 Å². The maximum absolute atomic E-state index is 13.0. The largest absolute Gasteiger partial charge is 0.382 e. The van der Waals surface area contributed by atoms with Crippen molar-refractivity contribution < 1.29 is 9.13 Å². The molecule has 1 rings (SSSR count). The Balaban J connectivity index is 2.33. The summed E-state index contributed by atoms with van der Waals surface area (Å²) in [4.78, 5) is 0. The van der Waals surface area contributed by atoms with Crippen molar-refractivity contribution in [2.24, 2.45) is 0 Å². The van der Waals surface area contributed by atoms with Gasteiger partial charge in [-0.05, 0) is 43.8 Å². The second-order valence-corrected chi connectivity index (χ2v) is 4.37. The van der Waals surface area contributed by atoms with Crippen LogP contribution < -0.4 is 10.6 Å². The SMILES string of the molecule is CCOCCCNC(=S)Nc1cc(F)ccc1Cl. The summed E-state index contributed by atoms with van der Waals surface area (Å²) < 4.78 is 18.2. The molecular weight excluding hydrogens is 275 g/mol. The van der Waals surface area contributed by atoms with Gasteiger partial charge in [-0.15, -0.1) is 0 Å². The van der Waals surface area contributed by atoms with Crippen LogP contribution in [0.15, 0.2) is 18.2 Å². The molecule has 0 spiro atoms. The van der Waals surface area contributed by atoms with Crippen LogP contribution in [-0.4, -0.2) is 24.9 Å². The fourth-order valence-electron chi connectivity index (χ4n) is 1.28. The Kier molecular flexibility index (Phi) is 6.93. The van der Waals surface area contributed by atoms with Crippen molar-refractivity contribution in [1.82, 2.24) is 5.32 Å². The highest BCUT2D eigenvalue weighted by molar-refractivity contribution is 7.80. The van der Waals surface area contributed by atoms with Crippen LogP contribution in [0, 0.1) is 5.82 Å². The molecule has 0 fully saturated rings. The van der Waals surface area contributed by atoms with Gasteiger partial charge in [0.05, 0.1) is 10.7 Å². The molecule has 3 nitrogen and oxygen atoms in total. The minimum Gasteiger partial charge on any atom is -0.382 e. The third kappa shape index (κ3) is 5.62. The van der Waals surface area contributed by atoms with Crippen LogP contribution in [-0.2, 0) is 4.74 Å². The van der Waals surface area contributed by atoms with E-state index in [4.69, 9.17) is 28.6 Å². The number of halogens is 2. The van der Waals surface area contributed by atoms with E-state index in [2.05, 4.69) is 10.6 Å². The van der Waals surface area contributed by atoms with E-state index in [0.717, 1.165) is 6.42 Å². The minimum absolute atomic E-state index is 0.360. The Morgan fingerprint density at radius 1 is 1.50 bits per heavy atom. The summed E-state index contributed by atoms with van der Waals surface area (Å²) in [6, 6.07) is 4.08. The number of ether oxygens (including phenoxy) is 1. The first-order valence-electron chi connectivity index (χ1n) is 5.71. The van der Waals surface area contributed by atoms with Gasteiger partial charge in [0.1, 0.15) is 5.82 Å². The van der Waals surface area contributed by atoms with Crippen LogP contribution in [0.5, 0.6) is 0 Å². The van der Waals surface area contributed by atoms with Crippen LogP contribution in [0.1, 0.15) is 13.3 Å². The monoisotopic (exact) mass is 290 g/mol. The first-order chi connectivity index (χ1) is 8.63. The van der Waals surface area contributed by atoms with Crippen LogP contribution >= 0.6 is 23.8 Å².